The Morgan fingerprint density at radius 3 is 0.993 bits per heavy atom. The van der Waals surface area contributed by atoms with Crippen LogP contribution in [0.2, 0.25) is 0 Å². The summed E-state index contributed by atoms with van der Waals surface area (Å²) in [4.78, 5) is 30.7. The molecule has 0 saturated heterocycles. The maximum Gasteiger partial charge on any atom is 0.148 e. The van der Waals surface area contributed by atoms with Crippen molar-refractivity contribution in [2.45, 2.75) is 91.9 Å². The number of hydrogen-bond acceptors (Lipinski definition) is 9. The zero-order valence-electron chi connectivity index (χ0n) is 80.5. The van der Waals surface area contributed by atoms with E-state index in [2.05, 4.69) is 350 Å². The quantitative estimate of drug-likeness (QED) is 0.0903. The van der Waals surface area contributed by atoms with E-state index in [0.29, 0.717) is 34.2 Å². The van der Waals surface area contributed by atoms with Gasteiger partial charge in [0.15, 0.2) is 0 Å². The largest absolute Gasteiger partial charge is 0.507 e. The monoisotopic (exact) mass is 2400 g/mol. The summed E-state index contributed by atoms with van der Waals surface area (Å²) >= 11 is 0. The first-order chi connectivity index (χ1) is 68.1. The SMILES string of the molecule is CC(C)(C)c1cc(-c2[c-]c(-c3cc4ccccc4cn3)c3ccccc3c2)c2nc(-c3ccccc3O)n(-c3ccccc3)c2c1.CC(C)(C)c1cc(-c2[c-]c(-c3cc4ccccc4cn3)cc3ccccc23)c2nc(-c3ccccc3O)n(-c3ccccc3)c2c1.CC(C)c1cccc(C(C)C)c1-n1c(-c2ccccc2O)nc2c(-c3[c-]c(-c4cc5ccccc5cn4)c4ccccc4c3)cccc21.[Pt].[Pt].[Pt]. The van der Waals surface area contributed by atoms with Gasteiger partial charge in [0.1, 0.15) is 34.7 Å². The van der Waals surface area contributed by atoms with E-state index in [4.69, 9.17) is 29.9 Å². The minimum atomic E-state index is -0.142. The third-order valence-electron chi connectivity index (χ3n) is 26.9. The van der Waals surface area contributed by atoms with E-state index in [-0.39, 0.29) is 103 Å². The zero-order chi connectivity index (χ0) is 95.8. The van der Waals surface area contributed by atoms with Crippen molar-refractivity contribution in [3.8, 4) is 136 Å². The number of para-hydroxylation sites is 7. The summed E-state index contributed by atoms with van der Waals surface area (Å²) in [6.07, 6.45) is 5.82. The van der Waals surface area contributed by atoms with Crippen LogP contribution < -0.4 is 0 Å². The first kappa shape index (κ1) is 96.7. The van der Waals surface area contributed by atoms with Crippen LogP contribution >= 0.6 is 0 Å². The first-order valence-corrected chi connectivity index (χ1v) is 47.8. The molecule has 6 heterocycles. The van der Waals surface area contributed by atoms with Gasteiger partial charge in [0.2, 0.25) is 0 Å². The van der Waals surface area contributed by atoms with Gasteiger partial charge in [-0.3, -0.25) is 28.7 Å². The molecule has 12 nitrogen and oxygen atoms in total. The van der Waals surface area contributed by atoms with E-state index in [1.165, 1.54) is 22.3 Å². The van der Waals surface area contributed by atoms with Gasteiger partial charge in [-0.05, 0) is 156 Å². The Kier molecular flexibility index (Phi) is 27.1. The average molecular weight is 2400 g/mol. The number of rotatable bonds is 14. The van der Waals surface area contributed by atoms with E-state index in [1.807, 2.05) is 128 Å². The summed E-state index contributed by atoms with van der Waals surface area (Å²) < 4.78 is 6.60. The normalized spacial score (nSPS) is 11.6. The minimum Gasteiger partial charge on any atom is -0.507 e. The fourth-order valence-corrected chi connectivity index (χ4v) is 19.6. The van der Waals surface area contributed by atoms with Gasteiger partial charge in [0.25, 0.3) is 0 Å². The standard InChI is InChI=1S/C44H36N3O.2C42H32N3O.3Pt/c1-27(2)33-18-11-19-34(28(3)4)43(33)47-40-21-12-20-36(42(40)46-44(47)37-17-9-10-22-41(37)48)32-23-30-14-7-8-16-35(30)38(24-32)39-25-29-13-5-6-15-31(29)26-45-39;1-42(2,3)31-24-35(40-38(25-31)45(32-16-5-4-6-17-32)41(44-40)34-19-11-12-20-39(34)46)30-21-28-14-9-10-18-33(28)36(22-30)37-23-27-13-7-8-15-29(27)26-43-37;1-42(2,3)31-24-36(40-38(25-31)45(32-16-5-4-6-17-32)41(44-40)34-19-11-12-20-39(34)46)35-22-30(21-28-14-9-10-18-33(28)35)37-23-27-13-7-8-15-29(27)26-43-37;;;/h5-23,25-28,48H,1-4H3;2*4-21,23-26,46H,1-3H3;;;/q3*-1;;;. The summed E-state index contributed by atoms with van der Waals surface area (Å²) in [5.74, 6) is 3.22. The maximum absolute atomic E-state index is 11.2. The molecule has 0 saturated carbocycles. The van der Waals surface area contributed by atoms with Gasteiger partial charge in [0, 0.05) is 110 Å². The van der Waals surface area contributed by atoms with Crippen LogP contribution in [0.5, 0.6) is 17.2 Å². The van der Waals surface area contributed by atoms with Gasteiger partial charge in [0.05, 0.1) is 55.5 Å². The van der Waals surface area contributed by atoms with Crippen LogP contribution in [0.3, 0.4) is 0 Å². The van der Waals surface area contributed by atoms with E-state index in [9.17, 15) is 15.3 Å². The molecular weight excluding hydrogens is 2300 g/mol. The second-order valence-electron chi connectivity index (χ2n) is 38.8. The van der Waals surface area contributed by atoms with Crippen molar-refractivity contribution in [2.24, 2.45) is 0 Å². The zero-order valence-corrected chi connectivity index (χ0v) is 87.3. The molecule has 18 aromatic carbocycles. The summed E-state index contributed by atoms with van der Waals surface area (Å²) in [7, 11) is 0. The second-order valence-corrected chi connectivity index (χ2v) is 38.8. The van der Waals surface area contributed by atoms with Crippen molar-refractivity contribution >= 4 is 97.7 Å². The third-order valence-corrected chi connectivity index (χ3v) is 26.9. The van der Waals surface area contributed by atoms with Crippen molar-refractivity contribution in [1.29, 1.82) is 0 Å². The van der Waals surface area contributed by atoms with Crippen LogP contribution in [0.25, 0.3) is 216 Å². The minimum absolute atomic E-state index is 0. The first-order valence-electron chi connectivity index (χ1n) is 47.8. The maximum atomic E-state index is 11.2. The van der Waals surface area contributed by atoms with Gasteiger partial charge in [-0.2, -0.15) is 0 Å². The third kappa shape index (κ3) is 18.5. The fraction of sp³-hybridized carbons (Fsp3) is 0.109. The molecule has 0 aliphatic rings. The predicted molar refractivity (Wildman–Crippen MR) is 578 cm³/mol. The van der Waals surface area contributed by atoms with Crippen LogP contribution in [-0.2, 0) is 74.0 Å². The van der Waals surface area contributed by atoms with Crippen LogP contribution in [0.1, 0.15) is 103 Å². The Hall–Kier alpha value is -15.2. The Bertz CT molecular complexity index is 8950. The molecule has 0 spiro atoms. The van der Waals surface area contributed by atoms with Crippen molar-refractivity contribution in [1.82, 2.24) is 43.6 Å². The van der Waals surface area contributed by atoms with Crippen LogP contribution in [0.15, 0.2) is 395 Å². The van der Waals surface area contributed by atoms with Gasteiger partial charge in [-0.25, -0.2) is 15.0 Å². The second kappa shape index (κ2) is 40.1. The van der Waals surface area contributed by atoms with Crippen molar-refractivity contribution in [3.63, 3.8) is 0 Å². The molecule has 6 aromatic heterocycles. The molecule has 24 rings (SSSR count). The molecule has 0 bridgehead atoms. The van der Waals surface area contributed by atoms with Crippen LogP contribution in [-0.4, -0.2) is 58.9 Å². The number of pyridine rings is 3. The molecule has 0 aliphatic heterocycles. The molecule has 0 fully saturated rings. The number of imidazole rings is 3. The van der Waals surface area contributed by atoms with Gasteiger partial charge in [-0.15, -0.1) is 53.1 Å². The molecule has 3 N–H and O–H groups in total. The smallest absolute Gasteiger partial charge is 0.148 e. The number of aromatic hydroxyl groups is 3. The predicted octanol–water partition coefficient (Wildman–Crippen LogP) is 32.5. The summed E-state index contributed by atoms with van der Waals surface area (Å²) in [5.41, 5.74) is 26.5. The van der Waals surface area contributed by atoms with Gasteiger partial charge < -0.3 is 15.3 Å². The number of nitrogens with zero attached hydrogens (tertiary/aromatic N) is 9. The van der Waals surface area contributed by atoms with E-state index >= 15 is 0 Å². The van der Waals surface area contributed by atoms with E-state index in [1.54, 1.807) is 18.2 Å². The van der Waals surface area contributed by atoms with Crippen LogP contribution in [0, 0.1) is 18.2 Å². The van der Waals surface area contributed by atoms with E-state index < -0.39 is 0 Å². The summed E-state index contributed by atoms with van der Waals surface area (Å²) in [6, 6.07) is 140. The topological polar surface area (TPSA) is 153 Å². The summed E-state index contributed by atoms with van der Waals surface area (Å²) in [6.45, 7) is 22.4. The summed E-state index contributed by atoms with van der Waals surface area (Å²) in [5, 5.41) is 46.6. The number of phenolic OH excluding ortho intramolecular Hbond substituents is 3. The Labute approximate surface area is 875 Å². The number of fused-ring (bicyclic) bond motifs is 9. The molecule has 0 amide bonds. The molecule has 0 radical (unpaired) electrons. The number of aromatic nitrogens is 9. The Morgan fingerprint density at radius 2 is 0.573 bits per heavy atom. The number of benzene rings is 18. The van der Waals surface area contributed by atoms with Crippen LogP contribution in [0.4, 0.5) is 0 Å². The van der Waals surface area contributed by atoms with Crippen molar-refractivity contribution < 1.29 is 78.5 Å². The molecule has 24 aromatic rings. The molecule has 15 heteroatoms. The van der Waals surface area contributed by atoms with Gasteiger partial charge >= 0.3 is 0 Å². The molecule has 0 aliphatic carbocycles. The fourth-order valence-electron chi connectivity index (χ4n) is 19.6. The van der Waals surface area contributed by atoms with Gasteiger partial charge in [-0.1, -0.05) is 414 Å². The number of phenols is 3. The molecule has 143 heavy (non-hydrogen) atoms. The van der Waals surface area contributed by atoms with E-state index in [0.717, 1.165) is 182 Å². The van der Waals surface area contributed by atoms with Crippen molar-refractivity contribution in [2.75, 3.05) is 0 Å². The molecule has 708 valence electrons. The molecular formula is C128H100N9O3Pt3-3. The Balaban J connectivity index is 0.000000135. The Morgan fingerprint density at radius 1 is 0.259 bits per heavy atom. The number of hydrogen-bond donors (Lipinski definition) is 3. The van der Waals surface area contributed by atoms with Crippen molar-refractivity contribution in [3.05, 3.63) is 435 Å². The molecule has 0 atom stereocenters. The average Bonchev–Trinajstić information content (AvgIpc) is 1.62. The molecule has 0 unspecified atom stereocenters.